The lowest BCUT2D eigenvalue weighted by atomic mass is 9.87. The van der Waals surface area contributed by atoms with E-state index in [-0.39, 0.29) is 29.0 Å². The number of anilines is 1. The van der Waals surface area contributed by atoms with Gasteiger partial charge in [0.25, 0.3) is 0 Å². The van der Waals surface area contributed by atoms with E-state index in [9.17, 15) is 13.2 Å². The number of nitrogens with zero attached hydrogens (tertiary/aromatic N) is 1. The Morgan fingerprint density at radius 1 is 1.22 bits per heavy atom. The van der Waals surface area contributed by atoms with Crippen molar-refractivity contribution in [1.82, 2.24) is 4.31 Å². The first-order valence-electron chi connectivity index (χ1n) is 8.82. The first kappa shape index (κ1) is 25.6. The Bertz CT molecular complexity index is 729. The number of sulfonamides is 1. The molecule has 0 aliphatic heterocycles. The molecule has 1 amide bonds. The van der Waals surface area contributed by atoms with Gasteiger partial charge in [0.15, 0.2) is 0 Å². The molecule has 1 rings (SSSR count). The van der Waals surface area contributed by atoms with E-state index in [1.165, 1.54) is 10.4 Å². The first-order chi connectivity index (χ1) is 12.0. The summed E-state index contributed by atoms with van der Waals surface area (Å²) in [7, 11) is -3.74. The second-order valence-electron chi connectivity index (χ2n) is 7.02. The predicted molar refractivity (Wildman–Crippen MR) is 111 cm³/mol. The number of rotatable bonds is 8. The molecule has 0 saturated heterocycles. The molecule has 0 unspecified atom stereocenters. The second kappa shape index (κ2) is 10.3. The number of hydrogen-bond acceptors (Lipinski definition) is 5. The summed E-state index contributed by atoms with van der Waals surface area (Å²) in [6.07, 6.45) is 0. The van der Waals surface area contributed by atoms with Gasteiger partial charge in [0.05, 0.1) is 12.6 Å². The van der Waals surface area contributed by atoms with Crippen LogP contribution in [0.5, 0.6) is 5.75 Å². The SMILES string of the molecule is CCOc1ccc(NC(=O)[C@@H](N)C(C)(C)C)cc1S(=O)(=O)N(CC)CC.Cl. The summed E-state index contributed by atoms with van der Waals surface area (Å²) in [5.41, 5.74) is 5.93. The van der Waals surface area contributed by atoms with E-state index < -0.39 is 21.5 Å². The Hall–Kier alpha value is -1.35. The number of halogens is 1. The zero-order valence-corrected chi connectivity index (χ0v) is 18.5. The summed E-state index contributed by atoms with van der Waals surface area (Å²) in [5, 5.41) is 2.70. The van der Waals surface area contributed by atoms with Gasteiger partial charge < -0.3 is 15.8 Å². The van der Waals surface area contributed by atoms with Gasteiger partial charge in [-0.3, -0.25) is 4.79 Å². The summed E-state index contributed by atoms with van der Waals surface area (Å²) >= 11 is 0. The predicted octanol–water partition coefficient (Wildman–Crippen LogP) is 2.85. The average Bonchev–Trinajstić information content (AvgIpc) is 2.55. The van der Waals surface area contributed by atoms with E-state index in [0.717, 1.165) is 0 Å². The average molecular weight is 422 g/mol. The summed E-state index contributed by atoms with van der Waals surface area (Å²) < 4.78 is 32.7. The largest absolute Gasteiger partial charge is 0.492 e. The number of hydrogen-bond donors (Lipinski definition) is 2. The van der Waals surface area contributed by atoms with Crippen LogP contribution in [0.2, 0.25) is 0 Å². The van der Waals surface area contributed by atoms with Crippen LogP contribution in [-0.2, 0) is 14.8 Å². The highest BCUT2D eigenvalue weighted by atomic mass is 35.5. The van der Waals surface area contributed by atoms with Crippen molar-refractivity contribution in [3.8, 4) is 5.75 Å². The Morgan fingerprint density at radius 2 is 1.78 bits per heavy atom. The minimum absolute atomic E-state index is 0. The van der Waals surface area contributed by atoms with Crippen molar-refractivity contribution in [1.29, 1.82) is 0 Å². The summed E-state index contributed by atoms with van der Waals surface area (Å²) in [6.45, 7) is 12.0. The topological polar surface area (TPSA) is 102 Å². The summed E-state index contributed by atoms with van der Waals surface area (Å²) in [6, 6.07) is 3.86. The number of carbonyl (C=O) groups excluding carboxylic acids is 1. The van der Waals surface area contributed by atoms with Crippen molar-refractivity contribution in [3.05, 3.63) is 18.2 Å². The molecule has 156 valence electrons. The molecular formula is C18H32ClN3O4S. The molecule has 27 heavy (non-hydrogen) atoms. The van der Waals surface area contributed by atoms with Gasteiger partial charge in [-0.05, 0) is 30.5 Å². The molecule has 9 heteroatoms. The normalized spacial score (nSPS) is 13.0. The number of carbonyl (C=O) groups is 1. The maximum absolute atomic E-state index is 12.9. The Kier molecular flexibility index (Phi) is 9.75. The molecule has 1 aromatic carbocycles. The molecule has 0 aromatic heterocycles. The molecule has 0 heterocycles. The second-order valence-corrected chi connectivity index (χ2v) is 8.92. The van der Waals surface area contributed by atoms with Gasteiger partial charge in [0, 0.05) is 18.8 Å². The standard InChI is InChI=1S/C18H31N3O4S.ClH/c1-7-21(8-2)26(23,24)15-12-13(10-11-14(15)25-9-3)20-17(22)16(19)18(4,5)6;/h10-12,16H,7-9,19H2,1-6H3,(H,20,22);1H/t16-;/m1./s1. The lowest BCUT2D eigenvalue weighted by Crippen LogP contribution is -2.45. The molecule has 0 radical (unpaired) electrons. The molecule has 7 nitrogen and oxygen atoms in total. The van der Waals surface area contributed by atoms with Gasteiger partial charge in [0.2, 0.25) is 15.9 Å². The highest BCUT2D eigenvalue weighted by Crippen LogP contribution is 2.30. The van der Waals surface area contributed by atoms with Crippen LogP contribution in [0.3, 0.4) is 0 Å². The maximum atomic E-state index is 12.9. The van der Waals surface area contributed by atoms with Gasteiger partial charge in [-0.25, -0.2) is 8.42 Å². The number of benzene rings is 1. The molecule has 1 aromatic rings. The maximum Gasteiger partial charge on any atom is 0.246 e. The zero-order chi connectivity index (χ0) is 20.1. The quantitative estimate of drug-likeness (QED) is 0.671. The lowest BCUT2D eigenvalue weighted by molar-refractivity contribution is -0.119. The third kappa shape index (κ3) is 6.34. The van der Waals surface area contributed by atoms with Crippen LogP contribution >= 0.6 is 12.4 Å². The zero-order valence-electron chi connectivity index (χ0n) is 16.9. The van der Waals surface area contributed by atoms with E-state index in [1.807, 2.05) is 20.8 Å². The number of nitrogens with two attached hydrogens (primary N) is 1. The molecule has 0 bridgehead atoms. The Morgan fingerprint density at radius 3 is 2.22 bits per heavy atom. The molecule has 3 N–H and O–H groups in total. The monoisotopic (exact) mass is 421 g/mol. The minimum Gasteiger partial charge on any atom is -0.492 e. The van der Waals surface area contributed by atoms with Gasteiger partial charge in [-0.2, -0.15) is 4.31 Å². The van der Waals surface area contributed by atoms with E-state index >= 15 is 0 Å². The molecule has 0 saturated carbocycles. The fourth-order valence-electron chi connectivity index (χ4n) is 2.38. The van der Waals surface area contributed by atoms with Crippen LogP contribution in [0.25, 0.3) is 0 Å². The van der Waals surface area contributed by atoms with Crippen molar-refractivity contribution in [2.75, 3.05) is 25.0 Å². The first-order valence-corrected chi connectivity index (χ1v) is 10.3. The number of nitrogens with one attached hydrogen (secondary N) is 1. The fourth-order valence-corrected chi connectivity index (χ4v) is 3.99. The van der Waals surface area contributed by atoms with Gasteiger partial charge in [-0.1, -0.05) is 34.6 Å². The highest BCUT2D eigenvalue weighted by molar-refractivity contribution is 7.89. The molecule has 0 aliphatic carbocycles. The van der Waals surface area contributed by atoms with E-state index in [1.54, 1.807) is 32.9 Å². The molecule has 0 fully saturated rings. The van der Waals surface area contributed by atoms with Gasteiger partial charge >= 0.3 is 0 Å². The van der Waals surface area contributed by atoms with Crippen LogP contribution < -0.4 is 15.8 Å². The molecule has 0 aliphatic rings. The van der Waals surface area contributed by atoms with Crippen molar-refractivity contribution in [2.45, 2.75) is 52.5 Å². The highest BCUT2D eigenvalue weighted by Gasteiger charge is 2.29. The number of ether oxygens (including phenoxy) is 1. The van der Waals surface area contributed by atoms with Crippen molar-refractivity contribution < 1.29 is 17.9 Å². The lowest BCUT2D eigenvalue weighted by Gasteiger charge is -2.26. The van der Waals surface area contributed by atoms with Gasteiger partial charge in [-0.15, -0.1) is 12.4 Å². The molecule has 1 atom stereocenters. The van der Waals surface area contributed by atoms with E-state index in [4.69, 9.17) is 10.5 Å². The van der Waals surface area contributed by atoms with Crippen LogP contribution in [-0.4, -0.2) is 44.4 Å². The Labute approximate surface area is 169 Å². The van der Waals surface area contributed by atoms with Crippen LogP contribution in [0.15, 0.2) is 23.1 Å². The summed E-state index contributed by atoms with van der Waals surface area (Å²) in [5.74, 6) is -0.106. The third-order valence-electron chi connectivity index (χ3n) is 4.05. The minimum atomic E-state index is -3.74. The van der Waals surface area contributed by atoms with Crippen molar-refractivity contribution in [3.63, 3.8) is 0 Å². The van der Waals surface area contributed by atoms with Crippen molar-refractivity contribution >= 4 is 34.0 Å². The van der Waals surface area contributed by atoms with Crippen LogP contribution in [0.1, 0.15) is 41.5 Å². The number of amides is 1. The molecule has 0 spiro atoms. The fraction of sp³-hybridized carbons (Fsp3) is 0.611. The third-order valence-corrected chi connectivity index (χ3v) is 6.12. The van der Waals surface area contributed by atoms with Gasteiger partial charge in [0.1, 0.15) is 10.6 Å². The van der Waals surface area contributed by atoms with Crippen molar-refractivity contribution in [2.24, 2.45) is 11.1 Å². The van der Waals surface area contributed by atoms with E-state index in [2.05, 4.69) is 5.32 Å². The van der Waals surface area contributed by atoms with Crippen LogP contribution in [0.4, 0.5) is 5.69 Å². The summed E-state index contributed by atoms with van der Waals surface area (Å²) in [4.78, 5) is 12.4. The smallest absolute Gasteiger partial charge is 0.246 e. The van der Waals surface area contributed by atoms with Crippen LogP contribution in [0, 0.1) is 5.41 Å². The molecular weight excluding hydrogens is 390 g/mol. The van der Waals surface area contributed by atoms with E-state index in [0.29, 0.717) is 25.4 Å². The Balaban J connectivity index is 0.00000676.